The zero-order valence-corrected chi connectivity index (χ0v) is 49.6. The largest absolute Gasteiger partial charge is 0.309 e. The SMILES string of the molecule is CC(C)c1cc2c3c(c1)N(c1ccc(-c4cc5ccccc5s4)cc1-c1ccccc1)c1c(sc4ccc(C(C)(C)C)cc14)B3c1sc3ccc(C(C)(C)C)cc3c1N2c1ccc(-c2cc3ccccc3s2)cc1-c1ccccc1. The van der Waals surface area contributed by atoms with Gasteiger partial charge in [0.1, 0.15) is 0 Å². The molecule has 0 saturated heterocycles. The zero-order chi connectivity index (χ0) is 54.3. The van der Waals surface area contributed by atoms with Gasteiger partial charge in [-0.2, -0.15) is 0 Å². The minimum atomic E-state index is -0.0444. The van der Waals surface area contributed by atoms with Gasteiger partial charge in [-0.15, -0.1) is 45.3 Å². The molecule has 0 fully saturated rings. The minimum absolute atomic E-state index is 0.0133. The molecule has 0 unspecified atom stereocenters. The van der Waals surface area contributed by atoms with Gasteiger partial charge in [-0.3, -0.25) is 0 Å². The first-order valence-corrected chi connectivity index (χ1v) is 31.3. The Hall–Kier alpha value is -7.52. The molecule has 7 heteroatoms. The highest BCUT2D eigenvalue weighted by Crippen LogP contribution is 2.55. The van der Waals surface area contributed by atoms with Crippen molar-refractivity contribution < 1.29 is 0 Å². The van der Waals surface area contributed by atoms with Crippen molar-refractivity contribution in [2.45, 2.75) is 72.1 Å². The highest BCUT2D eigenvalue weighted by atomic mass is 32.1. The molecule has 0 aliphatic carbocycles. The highest BCUT2D eigenvalue weighted by Gasteiger charge is 2.48. The van der Waals surface area contributed by atoms with E-state index in [2.05, 4.69) is 271 Å². The van der Waals surface area contributed by atoms with Gasteiger partial charge in [-0.05, 0) is 157 Å². The topological polar surface area (TPSA) is 6.48 Å². The van der Waals surface area contributed by atoms with Crippen LogP contribution in [0.3, 0.4) is 0 Å². The molecule has 388 valence electrons. The predicted molar refractivity (Wildman–Crippen MR) is 355 cm³/mol. The number of hydrogen-bond acceptors (Lipinski definition) is 6. The number of anilines is 6. The summed E-state index contributed by atoms with van der Waals surface area (Å²) in [6, 6.07) is 79.0. The van der Waals surface area contributed by atoms with E-state index in [4.69, 9.17) is 0 Å². The predicted octanol–water partition coefficient (Wildman–Crippen LogP) is 21.0. The van der Waals surface area contributed by atoms with Crippen molar-refractivity contribution in [3.05, 3.63) is 223 Å². The summed E-state index contributed by atoms with van der Waals surface area (Å²) in [5, 5.41) is 5.20. The van der Waals surface area contributed by atoms with Gasteiger partial charge >= 0.3 is 0 Å². The van der Waals surface area contributed by atoms with Gasteiger partial charge in [0.15, 0.2) is 0 Å². The molecule has 80 heavy (non-hydrogen) atoms. The lowest BCUT2D eigenvalue weighted by Crippen LogP contribution is -2.59. The Morgan fingerprint density at radius 3 is 1.21 bits per heavy atom. The third-order valence-corrected chi connectivity index (χ3v) is 21.5. The molecule has 2 nitrogen and oxygen atoms in total. The maximum Gasteiger partial charge on any atom is 0.277 e. The molecule has 0 N–H and O–H groups in total. The van der Waals surface area contributed by atoms with Crippen LogP contribution >= 0.6 is 45.3 Å². The van der Waals surface area contributed by atoms with Gasteiger partial charge in [0, 0.05) is 71.4 Å². The smallest absolute Gasteiger partial charge is 0.277 e. The van der Waals surface area contributed by atoms with E-state index in [9.17, 15) is 0 Å². The van der Waals surface area contributed by atoms with Crippen molar-refractivity contribution in [2.75, 3.05) is 9.80 Å². The summed E-state index contributed by atoms with van der Waals surface area (Å²) < 4.78 is 8.05. The summed E-state index contributed by atoms with van der Waals surface area (Å²) in [5.41, 5.74) is 20.1. The van der Waals surface area contributed by atoms with Gasteiger partial charge in [-0.25, -0.2) is 0 Å². The van der Waals surface area contributed by atoms with E-state index < -0.39 is 0 Å². The van der Waals surface area contributed by atoms with E-state index in [0.29, 0.717) is 0 Å². The standard InChI is InChI=1S/C73H59BN2S4/c1-43(2)50-37-59-67-60(38-50)76(58-32-28-49(36-54(58)45-21-13-10-14-22-45)66-40-47-24-16-18-26-62(47)78-66)69-56-42-52(73(6,7)8)30-34-64(56)80-71(69)74(67)70-68(55-41-51(72(3,4)5)29-33-63(55)79-70)75(59)57-31-27-48(35-53(57)44-19-11-9-12-20-44)65-39-46-23-15-17-25-61(46)77-65/h9-43H,1-8H3. The van der Waals surface area contributed by atoms with Gasteiger partial charge in [0.25, 0.3) is 6.71 Å². The van der Waals surface area contributed by atoms with Crippen LogP contribution in [0.4, 0.5) is 34.1 Å². The fraction of sp³-hybridized carbons (Fsp3) is 0.151. The van der Waals surface area contributed by atoms with E-state index in [1.54, 1.807) is 0 Å². The Balaban J connectivity index is 1.07. The van der Waals surface area contributed by atoms with Crippen LogP contribution in [0.15, 0.2) is 206 Å². The second-order valence-corrected chi connectivity index (χ2v) is 28.6. The lowest BCUT2D eigenvalue weighted by atomic mass is 9.39. The monoisotopic (exact) mass is 1100 g/mol. The molecule has 13 aromatic rings. The van der Waals surface area contributed by atoms with E-state index in [0.717, 1.165) is 0 Å². The molecule has 0 saturated carbocycles. The van der Waals surface area contributed by atoms with Crippen LogP contribution < -0.4 is 24.8 Å². The second-order valence-electron chi connectivity index (χ2n) is 24.3. The average molecular weight is 1100 g/mol. The molecule has 0 radical (unpaired) electrons. The molecular weight excluding hydrogens is 1040 g/mol. The molecule has 0 bridgehead atoms. The van der Waals surface area contributed by atoms with Crippen molar-refractivity contribution in [3.63, 3.8) is 0 Å². The third kappa shape index (κ3) is 7.98. The van der Waals surface area contributed by atoms with Crippen LogP contribution in [0, 0.1) is 0 Å². The number of benzene rings is 9. The Morgan fingerprint density at radius 1 is 0.375 bits per heavy atom. The van der Waals surface area contributed by atoms with Crippen molar-refractivity contribution in [1.82, 2.24) is 0 Å². The van der Waals surface area contributed by atoms with E-state index in [1.165, 1.54) is 149 Å². The summed E-state index contributed by atoms with van der Waals surface area (Å²) in [4.78, 5) is 7.99. The molecule has 0 amide bonds. The first-order valence-electron chi connectivity index (χ1n) is 28.0. The molecule has 2 aliphatic rings. The van der Waals surface area contributed by atoms with Gasteiger partial charge in [0.2, 0.25) is 0 Å². The fourth-order valence-electron chi connectivity index (χ4n) is 12.5. The number of thiophene rings is 4. The molecule has 15 rings (SSSR count). The number of hydrogen-bond donors (Lipinski definition) is 0. The Bertz CT molecular complexity index is 4260. The van der Waals surface area contributed by atoms with Crippen molar-refractivity contribution in [3.8, 4) is 43.1 Å². The Labute approximate surface area is 486 Å². The molecule has 0 atom stereocenters. The normalized spacial score (nSPS) is 13.3. The van der Waals surface area contributed by atoms with Crippen LogP contribution in [0.5, 0.6) is 0 Å². The van der Waals surface area contributed by atoms with Gasteiger partial charge in [-0.1, -0.05) is 177 Å². The Morgan fingerprint density at radius 2 is 0.800 bits per heavy atom. The first kappa shape index (κ1) is 49.5. The van der Waals surface area contributed by atoms with Crippen LogP contribution in [0.2, 0.25) is 0 Å². The quantitative estimate of drug-likeness (QED) is 0.147. The van der Waals surface area contributed by atoms with E-state index >= 15 is 0 Å². The summed E-state index contributed by atoms with van der Waals surface area (Å²) in [6.07, 6.45) is 0. The van der Waals surface area contributed by atoms with Crippen LogP contribution in [0.25, 0.3) is 83.5 Å². The molecule has 9 aromatic carbocycles. The summed E-state index contributed by atoms with van der Waals surface area (Å²) in [7, 11) is 0. The fourth-order valence-corrected chi connectivity index (χ4v) is 17.2. The molecule has 6 heterocycles. The summed E-state index contributed by atoms with van der Waals surface area (Å²) in [6.45, 7) is 18.8. The van der Waals surface area contributed by atoms with Gasteiger partial charge < -0.3 is 9.80 Å². The van der Waals surface area contributed by atoms with E-state index in [-0.39, 0.29) is 23.5 Å². The molecule has 4 aromatic heterocycles. The molecule has 0 spiro atoms. The highest BCUT2D eigenvalue weighted by molar-refractivity contribution is 7.40. The van der Waals surface area contributed by atoms with Crippen molar-refractivity contribution in [2.24, 2.45) is 0 Å². The number of rotatable bonds is 7. The zero-order valence-electron chi connectivity index (χ0n) is 46.3. The Kier molecular flexibility index (Phi) is 11.5. The molecular formula is C73H59BN2S4. The van der Waals surface area contributed by atoms with Crippen LogP contribution in [0.1, 0.15) is 78.0 Å². The van der Waals surface area contributed by atoms with Crippen LogP contribution in [-0.2, 0) is 10.8 Å². The average Bonchev–Trinajstić information content (AvgIpc) is 3.60. The lowest BCUT2D eigenvalue weighted by Gasteiger charge is -2.43. The second kappa shape index (κ2) is 18.5. The third-order valence-electron chi connectivity index (χ3n) is 16.7. The first-order chi connectivity index (χ1) is 38.7. The number of nitrogens with zero attached hydrogens (tertiary/aromatic N) is 2. The lowest BCUT2D eigenvalue weighted by molar-refractivity contribution is 0.591. The van der Waals surface area contributed by atoms with Crippen molar-refractivity contribution >= 4 is 142 Å². The maximum absolute atomic E-state index is 2.72. The minimum Gasteiger partial charge on any atom is -0.309 e. The summed E-state index contributed by atoms with van der Waals surface area (Å²) in [5.74, 6) is 0.243. The molecule has 2 aliphatic heterocycles. The van der Waals surface area contributed by atoms with E-state index in [1.807, 2.05) is 45.3 Å². The van der Waals surface area contributed by atoms with Crippen molar-refractivity contribution in [1.29, 1.82) is 0 Å². The maximum atomic E-state index is 2.72. The number of fused-ring (bicyclic) bond motifs is 10. The summed E-state index contributed by atoms with van der Waals surface area (Å²) >= 11 is 7.75. The van der Waals surface area contributed by atoms with Crippen LogP contribution in [-0.4, -0.2) is 6.71 Å². The van der Waals surface area contributed by atoms with Gasteiger partial charge in [0.05, 0.1) is 22.7 Å².